The zero-order chi connectivity index (χ0) is 10.8. The maximum Gasteiger partial charge on any atom is 0.177 e. The van der Waals surface area contributed by atoms with Crippen LogP contribution in [0, 0.1) is 17.1 Å². The SMILES string of the molecule is N#Cc1nn(-c2ccc(F)cc2)cc1Br. The maximum absolute atomic E-state index is 12.7. The molecule has 0 radical (unpaired) electrons. The minimum atomic E-state index is -0.300. The molecule has 0 bridgehead atoms. The molecule has 2 rings (SSSR count). The van der Waals surface area contributed by atoms with Gasteiger partial charge in [0.15, 0.2) is 5.69 Å². The first kappa shape index (κ1) is 9.87. The molecule has 0 fully saturated rings. The van der Waals surface area contributed by atoms with Crippen LogP contribution in [-0.4, -0.2) is 9.78 Å². The van der Waals surface area contributed by atoms with E-state index in [0.717, 1.165) is 0 Å². The summed E-state index contributed by atoms with van der Waals surface area (Å²) in [6.07, 6.45) is 1.66. The Balaban J connectivity index is 2.46. The van der Waals surface area contributed by atoms with Crippen molar-refractivity contribution in [2.75, 3.05) is 0 Å². The normalized spacial score (nSPS) is 9.93. The van der Waals surface area contributed by atoms with Gasteiger partial charge < -0.3 is 0 Å². The molecule has 0 atom stereocenters. The highest BCUT2D eigenvalue weighted by molar-refractivity contribution is 9.10. The van der Waals surface area contributed by atoms with E-state index in [1.54, 1.807) is 18.3 Å². The molecule has 0 spiro atoms. The largest absolute Gasteiger partial charge is 0.238 e. The Labute approximate surface area is 93.9 Å². The van der Waals surface area contributed by atoms with E-state index in [1.165, 1.54) is 16.8 Å². The molecule has 0 aliphatic rings. The molecule has 74 valence electrons. The van der Waals surface area contributed by atoms with Gasteiger partial charge in [0.2, 0.25) is 0 Å². The van der Waals surface area contributed by atoms with Crippen LogP contribution in [0.1, 0.15) is 5.69 Å². The maximum atomic E-state index is 12.7. The van der Waals surface area contributed by atoms with E-state index in [2.05, 4.69) is 21.0 Å². The lowest BCUT2D eigenvalue weighted by molar-refractivity contribution is 0.627. The van der Waals surface area contributed by atoms with Crippen molar-refractivity contribution in [1.82, 2.24) is 9.78 Å². The molecule has 0 saturated carbocycles. The zero-order valence-corrected chi connectivity index (χ0v) is 9.07. The van der Waals surface area contributed by atoms with Crippen molar-refractivity contribution < 1.29 is 4.39 Å². The monoisotopic (exact) mass is 265 g/mol. The summed E-state index contributed by atoms with van der Waals surface area (Å²) in [5, 5.41) is 12.7. The van der Waals surface area contributed by atoms with Crippen LogP contribution in [-0.2, 0) is 0 Å². The van der Waals surface area contributed by atoms with Crippen LogP contribution in [0.4, 0.5) is 4.39 Å². The van der Waals surface area contributed by atoms with Crippen molar-refractivity contribution in [2.24, 2.45) is 0 Å². The van der Waals surface area contributed by atoms with E-state index in [-0.39, 0.29) is 5.82 Å². The predicted molar refractivity (Wildman–Crippen MR) is 55.9 cm³/mol. The van der Waals surface area contributed by atoms with Crippen molar-refractivity contribution >= 4 is 15.9 Å². The molecule has 0 unspecified atom stereocenters. The molecular formula is C10H5BrFN3. The molecule has 1 aromatic carbocycles. The second kappa shape index (κ2) is 3.83. The third-order valence-electron chi connectivity index (χ3n) is 1.87. The van der Waals surface area contributed by atoms with Crippen molar-refractivity contribution in [3.05, 3.63) is 46.4 Å². The van der Waals surface area contributed by atoms with Gasteiger partial charge in [0.1, 0.15) is 11.9 Å². The highest BCUT2D eigenvalue weighted by Crippen LogP contribution is 2.17. The number of nitriles is 1. The van der Waals surface area contributed by atoms with Crippen LogP contribution in [0.2, 0.25) is 0 Å². The van der Waals surface area contributed by atoms with E-state index in [1.807, 2.05) is 6.07 Å². The first-order valence-corrected chi connectivity index (χ1v) is 4.91. The molecule has 0 saturated heterocycles. The molecular weight excluding hydrogens is 261 g/mol. The van der Waals surface area contributed by atoms with Crippen LogP contribution in [0.15, 0.2) is 34.9 Å². The van der Waals surface area contributed by atoms with Gasteiger partial charge in [0.25, 0.3) is 0 Å². The summed E-state index contributed by atoms with van der Waals surface area (Å²) in [6.45, 7) is 0. The van der Waals surface area contributed by atoms with Gasteiger partial charge in [0, 0.05) is 6.20 Å². The Hall–Kier alpha value is -1.67. The van der Waals surface area contributed by atoms with Crippen molar-refractivity contribution in [3.8, 4) is 11.8 Å². The summed E-state index contributed by atoms with van der Waals surface area (Å²) in [7, 11) is 0. The van der Waals surface area contributed by atoms with Gasteiger partial charge in [-0.3, -0.25) is 0 Å². The lowest BCUT2D eigenvalue weighted by Crippen LogP contribution is -1.94. The van der Waals surface area contributed by atoms with E-state index in [4.69, 9.17) is 5.26 Å². The number of hydrogen-bond acceptors (Lipinski definition) is 2. The summed E-state index contributed by atoms with van der Waals surface area (Å²) < 4.78 is 14.8. The van der Waals surface area contributed by atoms with Gasteiger partial charge in [-0.15, -0.1) is 0 Å². The van der Waals surface area contributed by atoms with Gasteiger partial charge in [0.05, 0.1) is 10.2 Å². The summed E-state index contributed by atoms with van der Waals surface area (Å²) in [6, 6.07) is 7.82. The smallest absolute Gasteiger partial charge is 0.177 e. The van der Waals surface area contributed by atoms with Gasteiger partial charge in [-0.25, -0.2) is 9.07 Å². The van der Waals surface area contributed by atoms with Gasteiger partial charge >= 0.3 is 0 Å². The summed E-state index contributed by atoms with van der Waals surface area (Å²) in [4.78, 5) is 0. The first-order chi connectivity index (χ1) is 7.20. The molecule has 0 aliphatic heterocycles. The van der Waals surface area contributed by atoms with Crippen LogP contribution in [0.25, 0.3) is 5.69 Å². The molecule has 2 aromatic rings. The summed E-state index contributed by atoms with van der Waals surface area (Å²) in [5.74, 6) is -0.300. The Morgan fingerprint density at radius 3 is 2.53 bits per heavy atom. The average molecular weight is 266 g/mol. The molecule has 1 aromatic heterocycles. The molecule has 0 N–H and O–H groups in total. The Morgan fingerprint density at radius 1 is 1.33 bits per heavy atom. The quantitative estimate of drug-likeness (QED) is 0.796. The minimum Gasteiger partial charge on any atom is -0.238 e. The van der Waals surface area contributed by atoms with E-state index in [9.17, 15) is 4.39 Å². The van der Waals surface area contributed by atoms with Crippen molar-refractivity contribution in [2.45, 2.75) is 0 Å². The molecule has 0 amide bonds. The van der Waals surface area contributed by atoms with Gasteiger partial charge in [-0.1, -0.05) is 0 Å². The number of hydrogen-bond donors (Lipinski definition) is 0. The van der Waals surface area contributed by atoms with E-state index < -0.39 is 0 Å². The second-order valence-corrected chi connectivity index (χ2v) is 3.71. The van der Waals surface area contributed by atoms with Crippen LogP contribution in [0.3, 0.4) is 0 Å². The van der Waals surface area contributed by atoms with E-state index >= 15 is 0 Å². The van der Waals surface area contributed by atoms with Crippen LogP contribution >= 0.6 is 15.9 Å². The Morgan fingerprint density at radius 2 is 2.00 bits per heavy atom. The molecule has 1 heterocycles. The first-order valence-electron chi connectivity index (χ1n) is 4.12. The van der Waals surface area contributed by atoms with Gasteiger partial charge in [-0.2, -0.15) is 10.4 Å². The lowest BCUT2D eigenvalue weighted by atomic mass is 10.3. The van der Waals surface area contributed by atoms with Crippen LogP contribution < -0.4 is 0 Å². The number of aromatic nitrogens is 2. The highest BCUT2D eigenvalue weighted by atomic mass is 79.9. The zero-order valence-electron chi connectivity index (χ0n) is 7.48. The minimum absolute atomic E-state index is 0.300. The predicted octanol–water partition coefficient (Wildman–Crippen LogP) is 2.65. The standard InChI is InChI=1S/C10H5BrFN3/c11-9-6-15(14-10(9)5-13)8-3-1-7(12)2-4-8/h1-4,6H. The average Bonchev–Trinajstić information content (AvgIpc) is 2.61. The Bertz CT molecular complexity index is 525. The second-order valence-electron chi connectivity index (χ2n) is 2.86. The number of halogens is 2. The summed E-state index contributed by atoms with van der Waals surface area (Å²) >= 11 is 3.21. The van der Waals surface area contributed by atoms with Crippen molar-refractivity contribution in [1.29, 1.82) is 5.26 Å². The van der Waals surface area contributed by atoms with Crippen LogP contribution in [0.5, 0.6) is 0 Å². The Kier molecular flexibility index (Phi) is 2.52. The summed E-state index contributed by atoms with van der Waals surface area (Å²) in [5.41, 5.74) is 1.01. The van der Waals surface area contributed by atoms with Crippen molar-refractivity contribution in [3.63, 3.8) is 0 Å². The number of benzene rings is 1. The molecule has 15 heavy (non-hydrogen) atoms. The topological polar surface area (TPSA) is 41.6 Å². The fraction of sp³-hybridized carbons (Fsp3) is 0. The third-order valence-corrected chi connectivity index (χ3v) is 2.45. The number of nitrogens with zero attached hydrogens (tertiary/aromatic N) is 3. The van der Waals surface area contributed by atoms with E-state index in [0.29, 0.717) is 15.9 Å². The number of rotatable bonds is 1. The third kappa shape index (κ3) is 1.90. The fourth-order valence-electron chi connectivity index (χ4n) is 1.15. The van der Waals surface area contributed by atoms with Gasteiger partial charge in [-0.05, 0) is 40.2 Å². The molecule has 5 heteroatoms. The lowest BCUT2D eigenvalue weighted by Gasteiger charge is -1.99. The molecule has 0 aliphatic carbocycles. The fourth-order valence-corrected chi connectivity index (χ4v) is 1.52. The highest BCUT2D eigenvalue weighted by Gasteiger charge is 2.06. The molecule has 3 nitrogen and oxygen atoms in total.